The van der Waals surface area contributed by atoms with E-state index >= 15 is 0 Å². The van der Waals surface area contributed by atoms with Crippen LogP contribution >= 0.6 is 0 Å². The molecule has 0 bridgehead atoms. The van der Waals surface area contributed by atoms with Gasteiger partial charge in [-0.05, 0) is 25.8 Å². The van der Waals surface area contributed by atoms with Crippen LogP contribution in [0.4, 0.5) is 4.39 Å². The van der Waals surface area contributed by atoms with Crippen molar-refractivity contribution in [3.05, 3.63) is 53.4 Å². The van der Waals surface area contributed by atoms with Crippen molar-refractivity contribution in [2.45, 2.75) is 70.1 Å². The largest absolute Gasteiger partial charge is 0.464 e. The van der Waals surface area contributed by atoms with Crippen LogP contribution in [0.15, 0.2) is 30.6 Å². The third-order valence-electron chi connectivity index (χ3n) is 6.70. The number of fused-ring (bicyclic) bond motifs is 1. The predicted octanol–water partition coefficient (Wildman–Crippen LogP) is 3.06. The van der Waals surface area contributed by atoms with Gasteiger partial charge in [0, 0.05) is 11.6 Å². The van der Waals surface area contributed by atoms with Gasteiger partial charge in [0.1, 0.15) is 17.1 Å². The van der Waals surface area contributed by atoms with Crippen LogP contribution in [0, 0.1) is 5.82 Å². The maximum absolute atomic E-state index is 14.5. The summed E-state index contributed by atoms with van der Waals surface area (Å²) in [6, 6.07) is 6.19. The highest BCUT2D eigenvalue weighted by molar-refractivity contribution is 6.06. The van der Waals surface area contributed by atoms with Gasteiger partial charge in [0.05, 0.1) is 26.5 Å². The average molecular weight is 457 g/mol. The number of halogens is 1. The second kappa shape index (κ2) is 9.33. The van der Waals surface area contributed by atoms with Crippen molar-refractivity contribution >= 4 is 17.8 Å². The minimum Gasteiger partial charge on any atom is -0.464 e. The topological polar surface area (TPSA) is 93.5 Å². The molecule has 1 fully saturated rings. The molecule has 2 aromatic rings. The number of hydrogen-bond donors (Lipinski definition) is 1. The summed E-state index contributed by atoms with van der Waals surface area (Å²) in [4.78, 5) is 44.9. The molecule has 0 spiro atoms. The van der Waals surface area contributed by atoms with Crippen LogP contribution in [0.5, 0.6) is 0 Å². The van der Waals surface area contributed by atoms with E-state index in [2.05, 4.69) is 10.3 Å². The third kappa shape index (κ3) is 4.36. The zero-order chi connectivity index (χ0) is 23.6. The van der Waals surface area contributed by atoms with E-state index in [4.69, 9.17) is 4.74 Å². The highest BCUT2D eigenvalue weighted by Crippen LogP contribution is 2.32. The van der Waals surface area contributed by atoms with Gasteiger partial charge >= 0.3 is 5.97 Å². The van der Waals surface area contributed by atoms with E-state index in [0.717, 1.165) is 38.5 Å². The molecule has 33 heavy (non-hydrogen) atoms. The first kappa shape index (κ1) is 22.9. The number of hydrogen-bond acceptors (Lipinski definition) is 5. The lowest BCUT2D eigenvalue weighted by atomic mass is 9.92. The van der Waals surface area contributed by atoms with Gasteiger partial charge in [-0.15, -0.1) is 0 Å². The lowest BCUT2D eigenvalue weighted by Gasteiger charge is -2.44. The molecule has 1 aromatic heterocycles. The Morgan fingerprint density at radius 3 is 2.58 bits per heavy atom. The van der Waals surface area contributed by atoms with Gasteiger partial charge in [0.25, 0.3) is 5.91 Å². The Hall–Kier alpha value is -3.23. The molecule has 2 aliphatic rings. The van der Waals surface area contributed by atoms with E-state index in [1.807, 2.05) is 0 Å². The van der Waals surface area contributed by atoms with Crippen molar-refractivity contribution in [3.8, 4) is 0 Å². The first-order chi connectivity index (χ1) is 15.8. The highest BCUT2D eigenvalue weighted by Gasteiger charge is 2.49. The van der Waals surface area contributed by atoms with E-state index in [1.165, 1.54) is 29.0 Å². The van der Waals surface area contributed by atoms with Crippen LogP contribution in [0.25, 0.3) is 0 Å². The minimum absolute atomic E-state index is 0.0389. The molecule has 4 rings (SSSR count). The van der Waals surface area contributed by atoms with Crippen molar-refractivity contribution in [2.75, 3.05) is 7.11 Å². The van der Waals surface area contributed by atoms with Crippen molar-refractivity contribution in [1.29, 1.82) is 0 Å². The van der Waals surface area contributed by atoms with Crippen LogP contribution in [0.2, 0.25) is 0 Å². The van der Waals surface area contributed by atoms with E-state index in [0.29, 0.717) is 0 Å². The maximum Gasteiger partial charge on any atom is 0.359 e. The molecular formula is C24H29FN4O4. The number of ether oxygens (including phenoxy) is 1. The minimum atomic E-state index is -1.30. The number of nitrogens with one attached hydrogen (secondary N) is 1. The molecular weight excluding hydrogens is 427 g/mol. The number of esters is 1. The number of aromatic nitrogens is 2. The molecule has 9 heteroatoms. The molecule has 1 saturated carbocycles. The van der Waals surface area contributed by atoms with E-state index in [-0.39, 0.29) is 42.0 Å². The monoisotopic (exact) mass is 456 g/mol. The Balaban J connectivity index is 1.71. The van der Waals surface area contributed by atoms with Gasteiger partial charge in [-0.3, -0.25) is 9.59 Å². The molecule has 2 amide bonds. The van der Waals surface area contributed by atoms with Gasteiger partial charge in [0.15, 0.2) is 5.69 Å². The molecule has 1 aromatic carbocycles. The average Bonchev–Trinajstić information content (AvgIpc) is 3.05. The maximum atomic E-state index is 14.5. The number of rotatable bonds is 5. The van der Waals surface area contributed by atoms with Crippen molar-refractivity contribution < 1.29 is 23.5 Å². The zero-order valence-corrected chi connectivity index (χ0v) is 19.0. The van der Waals surface area contributed by atoms with Crippen LogP contribution in [0.3, 0.4) is 0 Å². The van der Waals surface area contributed by atoms with Gasteiger partial charge in [0.2, 0.25) is 5.91 Å². The number of carbonyl (C=O) groups is 3. The Kier molecular flexibility index (Phi) is 6.49. The van der Waals surface area contributed by atoms with Crippen LogP contribution in [0.1, 0.15) is 72.0 Å². The van der Waals surface area contributed by atoms with Crippen LogP contribution in [-0.4, -0.2) is 50.9 Å². The number of methoxy groups -OCH3 is 1. The Bertz CT molecular complexity index is 1060. The number of imidazole rings is 1. The van der Waals surface area contributed by atoms with Gasteiger partial charge in [-0.25, -0.2) is 14.2 Å². The molecule has 0 radical (unpaired) electrons. The fourth-order valence-corrected chi connectivity index (χ4v) is 4.74. The Morgan fingerprint density at radius 2 is 1.91 bits per heavy atom. The van der Waals surface area contributed by atoms with E-state index < -0.39 is 23.2 Å². The summed E-state index contributed by atoms with van der Waals surface area (Å²) in [7, 11) is 1.21. The number of benzene rings is 1. The standard InChI is InChI=1S/C24H29FN4O4/c1-24(23(32)27-17-10-5-3-4-6-11-17)14-28-15-26-19(22(31)33-2)20(28)21(30)29(24)13-16-9-7-8-12-18(16)25/h7-9,12,15,17H,3-6,10-11,13-14H2,1-2H3,(H,27,32). The van der Waals surface area contributed by atoms with Crippen molar-refractivity contribution in [1.82, 2.24) is 19.8 Å². The second-order valence-corrected chi connectivity index (χ2v) is 8.98. The number of nitrogens with zero attached hydrogens (tertiary/aromatic N) is 3. The summed E-state index contributed by atoms with van der Waals surface area (Å²) >= 11 is 0. The van der Waals surface area contributed by atoms with Crippen LogP contribution < -0.4 is 5.32 Å². The fourth-order valence-electron chi connectivity index (χ4n) is 4.74. The molecule has 1 unspecified atom stereocenters. The fraction of sp³-hybridized carbons (Fsp3) is 0.500. The first-order valence-electron chi connectivity index (χ1n) is 11.3. The lowest BCUT2D eigenvalue weighted by Crippen LogP contribution is -2.64. The van der Waals surface area contributed by atoms with Crippen LogP contribution in [-0.2, 0) is 22.6 Å². The number of carbonyl (C=O) groups excluding carboxylic acids is 3. The Labute approximate surface area is 192 Å². The molecule has 1 atom stereocenters. The number of amides is 2. The molecule has 8 nitrogen and oxygen atoms in total. The van der Waals surface area contributed by atoms with Crippen molar-refractivity contribution in [3.63, 3.8) is 0 Å². The van der Waals surface area contributed by atoms with E-state index in [1.54, 1.807) is 25.1 Å². The summed E-state index contributed by atoms with van der Waals surface area (Å²) in [6.07, 6.45) is 7.56. The molecule has 0 saturated heterocycles. The smallest absolute Gasteiger partial charge is 0.359 e. The van der Waals surface area contributed by atoms with Gasteiger partial charge < -0.3 is 19.5 Å². The summed E-state index contributed by atoms with van der Waals surface area (Å²) in [5, 5.41) is 3.14. The molecule has 176 valence electrons. The summed E-state index contributed by atoms with van der Waals surface area (Å²) in [5.74, 6) is -2.07. The summed E-state index contributed by atoms with van der Waals surface area (Å²) < 4.78 is 20.8. The normalized spacial score (nSPS) is 21.3. The zero-order valence-electron chi connectivity index (χ0n) is 19.0. The summed E-state index contributed by atoms with van der Waals surface area (Å²) in [5.41, 5.74) is -1.09. The van der Waals surface area contributed by atoms with Gasteiger partial charge in [-0.2, -0.15) is 0 Å². The molecule has 1 aliphatic carbocycles. The lowest BCUT2D eigenvalue weighted by molar-refractivity contribution is -0.134. The molecule has 1 aliphatic heterocycles. The first-order valence-corrected chi connectivity index (χ1v) is 11.3. The predicted molar refractivity (Wildman–Crippen MR) is 118 cm³/mol. The summed E-state index contributed by atoms with van der Waals surface area (Å²) in [6.45, 7) is 1.65. The molecule has 2 heterocycles. The van der Waals surface area contributed by atoms with Gasteiger partial charge in [-0.1, -0.05) is 43.9 Å². The second-order valence-electron chi connectivity index (χ2n) is 8.98. The Morgan fingerprint density at radius 1 is 1.21 bits per heavy atom. The van der Waals surface area contributed by atoms with Crippen molar-refractivity contribution in [2.24, 2.45) is 0 Å². The highest BCUT2D eigenvalue weighted by atomic mass is 19.1. The quantitative estimate of drug-likeness (QED) is 0.551. The van der Waals surface area contributed by atoms with E-state index in [9.17, 15) is 18.8 Å². The third-order valence-corrected chi connectivity index (χ3v) is 6.70. The molecule has 1 N–H and O–H groups in total. The SMILES string of the molecule is COC(=O)c1ncn2c1C(=O)N(Cc1ccccc1F)C(C)(C(=O)NC1CCCCCC1)C2.